The Morgan fingerprint density at radius 1 is 1.16 bits per heavy atom. The summed E-state index contributed by atoms with van der Waals surface area (Å²) in [7, 11) is 0. The fourth-order valence-corrected chi connectivity index (χ4v) is 3.45. The molecule has 0 bridgehead atoms. The first-order valence-electron chi connectivity index (χ1n) is 7.88. The van der Waals surface area contributed by atoms with Crippen molar-refractivity contribution in [1.82, 2.24) is 10.2 Å². The Morgan fingerprint density at radius 2 is 1.84 bits per heavy atom. The molecule has 3 nitrogen and oxygen atoms in total. The zero-order valence-electron chi connectivity index (χ0n) is 12.0. The van der Waals surface area contributed by atoms with Gasteiger partial charge in [-0.3, -0.25) is 4.90 Å². The van der Waals surface area contributed by atoms with Crippen molar-refractivity contribution in [3.8, 4) is 0 Å². The molecule has 2 aliphatic rings. The number of hydrogen-bond acceptors (Lipinski definition) is 3. The van der Waals surface area contributed by atoms with E-state index in [-0.39, 0.29) is 0 Å². The van der Waals surface area contributed by atoms with Crippen LogP contribution < -0.4 is 5.32 Å². The van der Waals surface area contributed by atoms with E-state index in [0.29, 0.717) is 0 Å². The minimum Gasteiger partial charge on any atom is -0.468 e. The van der Waals surface area contributed by atoms with Gasteiger partial charge in [0.1, 0.15) is 5.76 Å². The molecule has 0 spiro atoms. The van der Waals surface area contributed by atoms with E-state index in [1.807, 2.05) is 6.07 Å². The molecule has 1 N–H and O–H groups in total. The Balaban J connectivity index is 1.56. The summed E-state index contributed by atoms with van der Waals surface area (Å²) in [5.41, 5.74) is 0. The maximum absolute atomic E-state index is 5.54. The molecule has 1 aromatic heterocycles. The number of rotatable bonds is 6. The van der Waals surface area contributed by atoms with Crippen LogP contribution in [0.25, 0.3) is 0 Å². The van der Waals surface area contributed by atoms with E-state index in [2.05, 4.69) is 23.2 Å². The van der Waals surface area contributed by atoms with Crippen molar-refractivity contribution in [2.24, 2.45) is 0 Å². The van der Waals surface area contributed by atoms with Crippen LogP contribution in [0, 0.1) is 0 Å². The molecule has 19 heavy (non-hydrogen) atoms. The molecule has 1 heterocycles. The summed E-state index contributed by atoms with van der Waals surface area (Å²) in [6, 6.07) is 6.46. The van der Waals surface area contributed by atoms with Gasteiger partial charge in [-0.2, -0.15) is 0 Å². The lowest BCUT2D eigenvalue weighted by Gasteiger charge is -2.37. The van der Waals surface area contributed by atoms with Gasteiger partial charge in [0.25, 0.3) is 0 Å². The first-order valence-corrected chi connectivity index (χ1v) is 7.88. The van der Waals surface area contributed by atoms with Gasteiger partial charge in [0, 0.05) is 18.1 Å². The second-order valence-electron chi connectivity index (χ2n) is 6.05. The summed E-state index contributed by atoms with van der Waals surface area (Å²) in [5, 5.41) is 3.60. The largest absolute Gasteiger partial charge is 0.468 e. The van der Waals surface area contributed by atoms with E-state index in [9.17, 15) is 0 Å². The van der Waals surface area contributed by atoms with E-state index in [4.69, 9.17) is 4.42 Å². The van der Waals surface area contributed by atoms with Crippen LogP contribution in [0.15, 0.2) is 22.8 Å². The molecular weight excluding hydrogens is 236 g/mol. The van der Waals surface area contributed by atoms with Gasteiger partial charge in [0.05, 0.1) is 12.8 Å². The standard InChI is InChI=1S/C16H26N2O/c1-2-17-13-5-7-14(8-6-13)18(15-9-10-15)12-16-4-3-11-19-16/h3-4,11,13-15,17H,2,5-10,12H2,1H3. The molecule has 3 heteroatoms. The maximum atomic E-state index is 5.54. The lowest BCUT2D eigenvalue weighted by molar-refractivity contribution is 0.119. The Labute approximate surface area is 116 Å². The third-order valence-electron chi connectivity index (χ3n) is 4.59. The Morgan fingerprint density at radius 3 is 2.37 bits per heavy atom. The highest BCUT2D eigenvalue weighted by Gasteiger charge is 2.36. The molecule has 0 aromatic carbocycles. The normalized spacial score (nSPS) is 27.9. The Kier molecular flexibility index (Phi) is 4.24. The summed E-state index contributed by atoms with van der Waals surface area (Å²) >= 11 is 0. The van der Waals surface area contributed by atoms with Gasteiger partial charge in [-0.1, -0.05) is 6.92 Å². The Hall–Kier alpha value is -0.800. The predicted octanol–water partition coefficient (Wildman–Crippen LogP) is 3.16. The number of nitrogens with one attached hydrogen (secondary N) is 1. The van der Waals surface area contributed by atoms with Crippen molar-refractivity contribution in [3.05, 3.63) is 24.2 Å². The van der Waals surface area contributed by atoms with Gasteiger partial charge in [0.15, 0.2) is 0 Å². The van der Waals surface area contributed by atoms with Gasteiger partial charge in [-0.15, -0.1) is 0 Å². The molecule has 1 aromatic rings. The SMILES string of the molecule is CCNC1CCC(N(Cc2ccco2)C2CC2)CC1. The second kappa shape index (κ2) is 6.10. The minimum atomic E-state index is 0.755. The van der Waals surface area contributed by atoms with E-state index in [0.717, 1.165) is 37.0 Å². The lowest BCUT2D eigenvalue weighted by atomic mass is 9.90. The van der Waals surface area contributed by atoms with E-state index in [1.165, 1.54) is 38.5 Å². The molecule has 2 fully saturated rings. The topological polar surface area (TPSA) is 28.4 Å². The highest BCUT2D eigenvalue weighted by atomic mass is 16.3. The molecule has 0 atom stereocenters. The zero-order valence-corrected chi connectivity index (χ0v) is 12.0. The van der Waals surface area contributed by atoms with Crippen molar-refractivity contribution in [2.45, 2.75) is 70.1 Å². The third kappa shape index (κ3) is 3.40. The van der Waals surface area contributed by atoms with Gasteiger partial charge in [-0.05, 0) is 57.2 Å². The van der Waals surface area contributed by atoms with Gasteiger partial charge < -0.3 is 9.73 Å². The van der Waals surface area contributed by atoms with Crippen LogP contribution in [-0.2, 0) is 6.54 Å². The number of hydrogen-bond donors (Lipinski definition) is 1. The van der Waals surface area contributed by atoms with Crippen molar-refractivity contribution >= 4 is 0 Å². The fraction of sp³-hybridized carbons (Fsp3) is 0.750. The van der Waals surface area contributed by atoms with Crippen molar-refractivity contribution in [3.63, 3.8) is 0 Å². The number of furan rings is 1. The van der Waals surface area contributed by atoms with Crippen LogP contribution in [0.3, 0.4) is 0 Å². The first kappa shape index (κ1) is 13.2. The zero-order chi connectivity index (χ0) is 13.1. The van der Waals surface area contributed by atoms with Crippen LogP contribution in [0.4, 0.5) is 0 Å². The molecular formula is C16H26N2O. The molecule has 0 amide bonds. The predicted molar refractivity (Wildman–Crippen MR) is 77.0 cm³/mol. The Bertz CT molecular complexity index is 364. The van der Waals surface area contributed by atoms with Crippen LogP contribution >= 0.6 is 0 Å². The molecule has 2 saturated carbocycles. The molecule has 0 unspecified atom stereocenters. The van der Waals surface area contributed by atoms with Crippen LogP contribution in [0.1, 0.15) is 51.2 Å². The third-order valence-corrected chi connectivity index (χ3v) is 4.59. The van der Waals surface area contributed by atoms with Gasteiger partial charge in [-0.25, -0.2) is 0 Å². The van der Waals surface area contributed by atoms with Gasteiger partial charge in [0.2, 0.25) is 0 Å². The van der Waals surface area contributed by atoms with Crippen LogP contribution in [0.2, 0.25) is 0 Å². The second-order valence-corrected chi connectivity index (χ2v) is 6.05. The average molecular weight is 262 g/mol. The van der Waals surface area contributed by atoms with Crippen molar-refractivity contribution in [2.75, 3.05) is 6.54 Å². The van der Waals surface area contributed by atoms with E-state index in [1.54, 1.807) is 6.26 Å². The van der Waals surface area contributed by atoms with Crippen molar-refractivity contribution < 1.29 is 4.42 Å². The van der Waals surface area contributed by atoms with Gasteiger partial charge >= 0.3 is 0 Å². The monoisotopic (exact) mass is 262 g/mol. The number of nitrogens with zero attached hydrogens (tertiary/aromatic N) is 1. The molecule has 0 saturated heterocycles. The highest BCUT2D eigenvalue weighted by Crippen LogP contribution is 2.35. The summed E-state index contributed by atoms with van der Waals surface area (Å²) in [4.78, 5) is 2.71. The molecule has 106 valence electrons. The summed E-state index contributed by atoms with van der Waals surface area (Å²) in [5.74, 6) is 1.13. The molecule has 2 aliphatic carbocycles. The molecule has 0 aliphatic heterocycles. The smallest absolute Gasteiger partial charge is 0.117 e. The maximum Gasteiger partial charge on any atom is 0.117 e. The average Bonchev–Trinajstić information content (AvgIpc) is 3.15. The fourth-order valence-electron chi connectivity index (χ4n) is 3.45. The molecule has 3 rings (SSSR count). The van der Waals surface area contributed by atoms with Crippen molar-refractivity contribution in [1.29, 1.82) is 0 Å². The molecule has 0 radical (unpaired) electrons. The minimum absolute atomic E-state index is 0.755. The van der Waals surface area contributed by atoms with Crippen LogP contribution in [0.5, 0.6) is 0 Å². The van der Waals surface area contributed by atoms with E-state index >= 15 is 0 Å². The highest BCUT2D eigenvalue weighted by molar-refractivity contribution is 5.01. The summed E-state index contributed by atoms with van der Waals surface area (Å²) < 4.78 is 5.54. The first-order chi connectivity index (χ1) is 9.36. The quantitative estimate of drug-likeness (QED) is 0.853. The van der Waals surface area contributed by atoms with Crippen LogP contribution in [-0.4, -0.2) is 29.6 Å². The summed E-state index contributed by atoms with van der Waals surface area (Å²) in [6.45, 7) is 4.32. The lowest BCUT2D eigenvalue weighted by Crippen LogP contribution is -2.43. The van der Waals surface area contributed by atoms with E-state index < -0.39 is 0 Å². The summed E-state index contributed by atoms with van der Waals surface area (Å²) in [6.07, 6.45) is 9.91.